The highest BCUT2D eigenvalue weighted by molar-refractivity contribution is 7.25. The fraction of sp³-hybridized carbons (Fsp3) is 0.0909. The second-order valence-corrected chi connectivity index (χ2v) is 17.3. The maximum atomic E-state index is 2.50. The van der Waals surface area contributed by atoms with Gasteiger partial charge in [-0.25, -0.2) is 0 Å². The molecule has 9 aromatic carbocycles. The molecule has 0 radical (unpaired) electrons. The van der Waals surface area contributed by atoms with Gasteiger partial charge in [0.2, 0.25) is 0 Å². The molecule has 2 aliphatic carbocycles. The third-order valence-electron chi connectivity index (χ3n) is 12.8. The van der Waals surface area contributed by atoms with Gasteiger partial charge < -0.3 is 0 Å². The predicted octanol–water partition coefficient (Wildman–Crippen LogP) is 14.2. The lowest BCUT2D eigenvalue weighted by Gasteiger charge is -2.24. The van der Waals surface area contributed by atoms with Crippen molar-refractivity contribution >= 4 is 76.0 Å². The maximum Gasteiger partial charge on any atom is 0.0361 e. The summed E-state index contributed by atoms with van der Waals surface area (Å²) in [6.07, 6.45) is 7.08. The molecule has 10 aromatic rings. The Morgan fingerprint density at radius 3 is 1.82 bits per heavy atom. The molecule has 0 N–H and O–H groups in total. The first kappa shape index (κ1) is 32.0. The highest BCUT2D eigenvalue weighted by Crippen LogP contribution is 2.54. The number of rotatable bonds is 3. The standard InChI is InChI=1S/C55H38S/c1-55(2)49-21-11-9-15-38(49)47-30-44(45-31-46-39-16-10-12-22-50(39)56-51(46)32-48(45)54(47)55)34-24-26-35(27-25-34)52-40-17-5-7-19-42(40)53(43-20-8-6-18-41(43)52)37-28-23-33-13-3-4-14-36(33)29-37/h3-5,7,9-32H,6,8H2,1-2H3. The average Bonchev–Trinajstić information content (AvgIpc) is 3.72. The second kappa shape index (κ2) is 11.9. The molecule has 0 bridgehead atoms. The Bertz CT molecular complexity index is 3430. The van der Waals surface area contributed by atoms with Gasteiger partial charge >= 0.3 is 0 Å². The first-order valence-corrected chi connectivity index (χ1v) is 20.7. The number of hydrogen-bond acceptors (Lipinski definition) is 1. The van der Waals surface area contributed by atoms with Crippen LogP contribution in [-0.2, 0) is 5.41 Å². The van der Waals surface area contributed by atoms with E-state index in [4.69, 9.17) is 0 Å². The van der Waals surface area contributed by atoms with Crippen LogP contribution in [0, 0.1) is 0 Å². The van der Waals surface area contributed by atoms with E-state index >= 15 is 0 Å². The van der Waals surface area contributed by atoms with Crippen LogP contribution in [0.2, 0.25) is 0 Å². The Morgan fingerprint density at radius 2 is 1.04 bits per heavy atom. The quantitative estimate of drug-likeness (QED) is 0.170. The fourth-order valence-electron chi connectivity index (χ4n) is 10.3. The van der Waals surface area contributed by atoms with Crippen molar-refractivity contribution in [3.63, 3.8) is 0 Å². The second-order valence-electron chi connectivity index (χ2n) is 16.3. The Morgan fingerprint density at radius 1 is 0.411 bits per heavy atom. The normalized spacial score (nSPS) is 14.2. The summed E-state index contributed by atoms with van der Waals surface area (Å²) in [4.78, 5) is 0. The van der Waals surface area contributed by atoms with E-state index in [-0.39, 0.29) is 5.41 Å². The zero-order valence-corrected chi connectivity index (χ0v) is 32.3. The third kappa shape index (κ3) is 4.53. The minimum Gasteiger partial charge on any atom is -0.135 e. The average molecular weight is 731 g/mol. The van der Waals surface area contributed by atoms with Crippen molar-refractivity contribution in [2.75, 3.05) is 0 Å². The van der Waals surface area contributed by atoms with Crippen molar-refractivity contribution in [2.24, 2.45) is 0 Å². The summed E-state index contributed by atoms with van der Waals surface area (Å²) in [5.41, 5.74) is 13.3. The Balaban J connectivity index is 1.09. The van der Waals surface area contributed by atoms with Crippen molar-refractivity contribution in [1.82, 2.24) is 0 Å². The molecule has 0 fully saturated rings. The highest BCUT2D eigenvalue weighted by Gasteiger charge is 2.37. The minimum absolute atomic E-state index is 0.0937. The van der Waals surface area contributed by atoms with E-state index in [1.807, 2.05) is 11.3 Å². The molecule has 2 aliphatic rings. The summed E-state index contributed by atoms with van der Waals surface area (Å²) >= 11 is 1.91. The first-order chi connectivity index (χ1) is 27.5. The number of fused-ring (bicyclic) bond motifs is 11. The van der Waals surface area contributed by atoms with E-state index in [9.17, 15) is 0 Å². The van der Waals surface area contributed by atoms with Crippen molar-refractivity contribution in [3.05, 3.63) is 179 Å². The van der Waals surface area contributed by atoms with Gasteiger partial charge in [0.05, 0.1) is 0 Å². The van der Waals surface area contributed by atoms with E-state index in [0.29, 0.717) is 0 Å². The molecular weight excluding hydrogens is 693 g/mol. The van der Waals surface area contributed by atoms with E-state index in [1.165, 1.54) is 119 Å². The van der Waals surface area contributed by atoms with Gasteiger partial charge in [-0.05, 0) is 142 Å². The van der Waals surface area contributed by atoms with E-state index in [1.54, 1.807) is 0 Å². The molecule has 1 aromatic heterocycles. The molecule has 1 heteroatoms. The van der Waals surface area contributed by atoms with E-state index < -0.39 is 0 Å². The van der Waals surface area contributed by atoms with Crippen molar-refractivity contribution in [1.29, 1.82) is 0 Å². The predicted molar refractivity (Wildman–Crippen MR) is 243 cm³/mol. The van der Waals surface area contributed by atoms with Gasteiger partial charge in [-0.3, -0.25) is 0 Å². The molecule has 0 saturated heterocycles. The van der Waals surface area contributed by atoms with Crippen LogP contribution in [0.3, 0.4) is 0 Å². The fourth-order valence-corrected chi connectivity index (χ4v) is 11.4. The van der Waals surface area contributed by atoms with Crippen LogP contribution in [0.1, 0.15) is 37.8 Å². The van der Waals surface area contributed by atoms with Gasteiger partial charge in [0.25, 0.3) is 0 Å². The lowest BCUT2D eigenvalue weighted by Crippen LogP contribution is -2.31. The third-order valence-corrected chi connectivity index (χ3v) is 14.0. The summed E-state index contributed by atoms with van der Waals surface area (Å²) in [6.45, 7) is 4.82. The van der Waals surface area contributed by atoms with Gasteiger partial charge in [-0.15, -0.1) is 11.3 Å². The Labute approximate surface area is 330 Å². The number of hydrogen-bond donors (Lipinski definition) is 0. The summed E-state index contributed by atoms with van der Waals surface area (Å²) in [6, 6.07) is 59.7. The molecular formula is C55H38S. The Hall–Kier alpha value is -6.28. The smallest absolute Gasteiger partial charge is 0.0361 e. The van der Waals surface area contributed by atoms with Crippen LogP contribution >= 0.6 is 11.3 Å². The zero-order chi connectivity index (χ0) is 37.1. The lowest BCUT2D eigenvalue weighted by molar-refractivity contribution is 0.666. The topological polar surface area (TPSA) is 0 Å². The Kier molecular flexibility index (Phi) is 6.78. The first-order valence-electron chi connectivity index (χ1n) is 19.9. The molecule has 0 atom stereocenters. The molecule has 0 spiro atoms. The van der Waals surface area contributed by atoms with Crippen LogP contribution < -0.4 is 10.4 Å². The molecule has 1 heterocycles. The molecule has 56 heavy (non-hydrogen) atoms. The number of benzene rings is 9. The molecule has 0 nitrogen and oxygen atoms in total. The zero-order valence-electron chi connectivity index (χ0n) is 31.5. The van der Waals surface area contributed by atoms with Gasteiger partial charge in [0, 0.05) is 25.6 Å². The van der Waals surface area contributed by atoms with Crippen LogP contribution in [-0.4, -0.2) is 0 Å². The number of thiophene rings is 1. The summed E-state index contributed by atoms with van der Waals surface area (Å²) in [7, 11) is 0. The van der Waals surface area contributed by atoms with Gasteiger partial charge in [0.1, 0.15) is 0 Å². The molecule has 0 saturated carbocycles. The van der Waals surface area contributed by atoms with Crippen LogP contribution in [0.25, 0.3) is 109 Å². The van der Waals surface area contributed by atoms with Crippen LogP contribution in [0.4, 0.5) is 0 Å². The maximum absolute atomic E-state index is 2.50. The van der Waals surface area contributed by atoms with Gasteiger partial charge in [-0.2, -0.15) is 0 Å². The molecule has 0 amide bonds. The molecule has 264 valence electrons. The van der Waals surface area contributed by atoms with Gasteiger partial charge in [-0.1, -0.05) is 153 Å². The molecule has 0 aliphatic heterocycles. The van der Waals surface area contributed by atoms with Crippen molar-refractivity contribution in [3.8, 4) is 44.5 Å². The van der Waals surface area contributed by atoms with Crippen LogP contribution in [0.5, 0.6) is 0 Å². The van der Waals surface area contributed by atoms with Gasteiger partial charge in [0.15, 0.2) is 0 Å². The minimum atomic E-state index is -0.0937. The van der Waals surface area contributed by atoms with Crippen LogP contribution in [0.15, 0.2) is 158 Å². The largest absolute Gasteiger partial charge is 0.135 e. The SMILES string of the molecule is CC1(C)c2ccccc2-c2cc(-c3ccc(-c4c5c(c(-c6ccc7ccccc7c6)c6ccccc46)=CCCC=5)cc3)c3cc4c(cc3c21)sc1ccccc14. The molecule has 12 rings (SSSR count). The monoisotopic (exact) mass is 730 g/mol. The highest BCUT2D eigenvalue weighted by atomic mass is 32.1. The summed E-state index contributed by atoms with van der Waals surface area (Å²) < 4.78 is 2.70. The lowest BCUT2D eigenvalue weighted by atomic mass is 9.79. The van der Waals surface area contributed by atoms with Crippen molar-refractivity contribution in [2.45, 2.75) is 32.1 Å². The summed E-state index contributed by atoms with van der Waals surface area (Å²) in [5, 5.41) is 13.3. The molecule has 0 unspecified atom stereocenters. The summed E-state index contributed by atoms with van der Waals surface area (Å²) in [5.74, 6) is 0. The van der Waals surface area contributed by atoms with E-state index in [0.717, 1.165) is 12.8 Å². The van der Waals surface area contributed by atoms with Crippen molar-refractivity contribution < 1.29 is 0 Å². The van der Waals surface area contributed by atoms with E-state index in [2.05, 4.69) is 184 Å².